The minimum atomic E-state index is 0. The first-order chi connectivity index (χ1) is 11.5. The van der Waals surface area contributed by atoms with E-state index in [4.69, 9.17) is 9.73 Å². The molecule has 8 heteroatoms. The summed E-state index contributed by atoms with van der Waals surface area (Å²) in [5.74, 6) is 0.898. The third-order valence-electron chi connectivity index (χ3n) is 4.13. The summed E-state index contributed by atoms with van der Waals surface area (Å²) < 4.78 is 6.64. The predicted molar refractivity (Wildman–Crippen MR) is 122 cm³/mol. The van der Waals surface area contributed by atoms with Crippen LogP contribution in [0.5, 0.6) is 0 Å². The average molecular weight is 545 g/mol. The maximum absolute atomic E-state index is 5.45. The maximum Gasteiger partial charge on any atom is 0.191 e. The second-order valence-corrected chi connectivity index (χ2v) is 9.04. The van der Waals surface area contributed by atoms with Gasteiger partial charge in [-0.3, -0.25) is 9.89 Å². The van der Waals surface area contributed by atoms with Crippen LogP contribution in [-0.4, -0.2) is 62.3 Å². The largest absolute Gasteiger partial charge is 0.379 e. The SMILES string of the molecule is CCNC(=NCC(C)(C)N1CCOCC1)NCCc1ccc(Br)s1.I. The van der Waals surface area contributed by atoms with Crippen LogP contribution in [0, 0.1) is 0 Å². The maximum atomic E-state index is 5.45. The number of guanidine groups is 1. The lowest BCUT2D eigenvalue weighted by Crippen LogP contribution is -2.52. The van der Waals surface area contributed by atoms with Crippen molar-refractivity contribution in [3.8, 4) is 0 Å². The number of hydrogen-bond donors (Lipinski definition) is 2. The molecule has 1 aromatic rings. The Hall–Kier alpha value is 0.1000. The zero-order valence-electron chi connectivity index (χ0n) is 15.3. The molecule has 0 bridgehead atoms. The zero-order valence-corrected chi connectivity index (χ0v) is 20.0. The molecule has 1 aliphatic heterocycles. The van der Waals surface area contributed by atoms with Crippen LogP contribution < -0.4 is 10.6 Å². The lowest BCUT2D eigenvalue weighted by Gasteiger charge is -2.39. The van der Waals surface area contributed by atoms with Crippen LogP contribution in [0.15, 0.2) is 20.9 Å². The number of halogens is 2. The summed E-state index contributed by atoms with van der Waals surface area (Å²) in [4.78, 5) is 8.64. The number of hydrogen-bond acceptors (Lipinski definition) is 4. The number of nitrogens with zero attached hydrogens (tertiary/aromatic N) is 2. The van der Waals surface area contributed by atoms with Crippen molar-refractivity contribution in [3.63, 3.8) is 0 Å². The van der Waals surface area contributed by atoms with Gasteiger partial charge in [0.25, 0.3) is 0 Å². The number of morpholine rings is 1. The van der Waals surface area contributed by atoms with Crippen molar-refractivity contribution < 1.29 is 4.74 Å². The molecule has 1 aromatic heterocycles. The third-order valence-corrected chi connectivity index (χ3v) is 5.81. The van der Waals surface area contributed by atoms with E-state index in [9.17, 15) is 0 Å². The first-order valence-corrected chi connectivity index (χ1v) is 10.2. The Kier molecular flexibility index (Phi) is 10.9. The third kappa shape index (κ3) is 8.11. The van der Waals surface area contributed by atoms with E-state index in [-0.39, 0.29) is 29.5 Å². The fraction of sp³-hybridized carbons (Fsp3) is 0.706. The molecular weight excluding hydrogens is 515 g/mol. The Balaban J connectivity index is 0.00000312. The normalized spacial score (nSPS) is 16.4. The summed E-state index contributed by atoms with van der Waals surface area (Å²) in [7, 11) is 0. The van der Waals surface area contributed by atoms with Crippen molar-refractivity contribution in [1.82, 2.24) is 15.5 Å². The molecule has 144 valence electrons. The molecule has 1 aliphatic rings. The summed E-state index contributed by atoms with van der Waals surface area (Å²) in [6.07, 6.45) is 1.01. The Bertz CT molecular complexity index is 532. The van der Waals surface area contributed by atoms with Crippen LogP contribution in [0.1, 0.15) is 25.6 Å². The second kappa shape index (κ2) is 11.7. The number of ether oxygens (including phenoxy) is 1. The molecule has 0 aliphatic carbocycles. The quantitative estimate of drug-likeness (QED) is 0.314. The Morgan fingerprint density at radius 2 is 2.04 bits per heavy atom. The van der Waals surface area contributed by atoms with Gasteiger partial charge in [0.1, 0.15) is 0 Å². The van der Waals surface area contributed by atoms with Crippen molar-refractivity contribution in [2.45, 2.75) is 32.7 Å². The van der Waals surface area contributed by atoms with Gasteiger partial charge in [-0.05, 0) is 55.3 Å². The molecule has 0 amide bonds. The molecule has 5 nitrogen and oxygen atoms in total. The van der Waals surface area contributed by atoms with Crippen LogP contribution in [0.2, 0.25) is 0 Å². The topological polar surface area (TPSA) is 48.9 Å². The van der Waals surface area contributed by atoms with Crippen molar-refractivity contribution in [3.05, 3.63) is 20.8 Å². The van der Waals surface area contributed by atoms with E-state index in [2.05, 4.69) is 64.4 Å². The summed E-state index contributed by atoms with van der Waals surface area (Å²) in [6.45, 7) is 12.8. The summed E-state index contributed by atoms with van der Waals surface area (Å²) in [5, 5.41) is 6.78. The molecular formula is C17H30BrIN4OS. The fourth-order valence-electron chi connectivity index (χ4n) is 2.67. The number of nitrogens with one attached hydrogen (secondary N) is 2. The van der Waals surface area contributed by atoms with Crippen molar-refractivity contribution in [1.29, 1.82) is 0 Å². The van der Waals surface area contributed by atoms with Gasteiger partial charge in [-0.15, -0.1) is 35.3 Å². The highest BCUT2D eigenvalue weighted by molar-refractivity contribution is 14.0. The zero-order chi connectivity index (χ0) is 17.4. The summed E-state index contributed by atoms with van der Waals surface area (Å²) in [5.41, 5.74) is 0.0464. The summed E-state index contributed by atoms with van der Waals surface area (Å²) in [6, 6.07) is 4.27. The predicted octanol–water partition coefficient (Wildman–Crippen LogP) is 3.34. The van der Waals surface area contributed by atoms with E-state index in [1.54, 1.807) is 11.3 Å². The van der Waals surface area contributed by atoms with E-state index in [0.29, 0.717) is 0 Å². The highest BCUT2D eigenvalue weighted by atomic mass is 127. The molecule has 1 fully saturated rings. The van der Waals surface area contributed by atoms with Crippen LogP contribution in [0.25, 0.3) is 0 Å². The minimum Gasteiger partial charge on any atom is -0.379 e. The van der Waals surface area contributed by atoms with Gasteiger partial charge in [-0.1, -0.05) is 0 Å². The van der Waals surface area contributed by atoms with E-state index in [1.807, 2.05) is 0 Å². The van der Waals surface area contributed by atoms with Crippen LogP contribution >= 0.6 is 51.2 Å². The van der Waals surface area contributed by atoms with Crippen LogP contribution in [0.4, 0.5) is 0 Å². The molecule has 25 heavy (non-hydrogen) atoms. The number of rotatable bonds is 7. The highest BCUT2D eigenvalue weighted by Crippen LogP contribution is 2.22. The van der Waals surface area contributed by atoms with Crippen LogP contribution in [0.3, 0.4) is 0 Å². The first-order valence-electron chi connectivity index (χ1n) is 8.60. The van der Waals surface area contributed by atoms with E-state index >= 15 is 0 Å². The minimum absolute atomic E-state index is 0. The lowest BCUT2D eigenvalue weighted by atomic mass is 10.0. The fourth-order valence-corrected chi connectivity index (χ4v) is 4.16. The second-order valence-electron chi connectivity index (χ2n) is 6.49. The van der Waals surface area contributed by atoms with Crippen molar-refractivity contribution in [2.24, 2.45) is 4.99 Å². The molecule has 0 radical (unpaired) electrons. The molecule has 2 heterocycles. The smallest absolute Gasteiger partial charge is 0.191 e. The molecule has 1 saturated heterocycles. The monoisotopic (exact) mass is 544 g/mol. The average Bonchev–Trinajstić information content (AvgIpc) is 2.99. The van der Waals surface area contributed by atoms with Gasteiger partial charge in [0.15, 0.2) is 5.96 Å². The highest BCUT2D eigenvalue weighted by Gasteiger charge is 2.28. The molecule has 0 unspecified atom stereocenters. The number of aliphatic imine (C=N–C) groups is 1. The Labute approximate surface area is 181 Å². The van der Waals surface area contributed by atoms with E-state index in [1.165, 1.54) is 8.66 Å². The lowest BCUT2D eigenvalue weighted by molar-refractivity contribution is -0.00683. The Morgan fingerprint density at radius 3 is 2.64 bits per heavy atom. The Morgan fingerprint density at radius 1 is 1.32 bits per heavy atom. The standard InChI is InChI=1S/C17H29BrN4OS.HI/c1-4-19-16(20-8-7-14-5-6-15(18)24-14)21-13-17(2,3)22-9-11-23-12-10-22;/h5-6H,4,7-13H2,1-3H3,(H2,19,20,21);1H. The van der Waals surface area contributed by atoms with Gasteiger partial charge in [0.2, 0.25) is 0 Å². The van der Waals surface area contributed by atoms with Gasteiger partial charge in [0.05, 0.1) is 23.5 Å². The molecule has 2 rings (SSSR count). The van der Waals surface area contributed by atoms with Crippen molar-refractivity contribution in [2.75, 3.05) is 45.9 Å². The number of thiophene rings is 1. The van der Waals surface area contributed by atoms with E-state index in [0.717, 1.165) is 58.3 Å². The molecule has 2 N–H and O–H groups in total. The van der Waals surface area contributed by atoms with Gasteiger partial charge in [-0.25, -0.2) is 0 Å². The van der Waals surface area contributed by atoms with Gasteiger partial charge >= 0.3 is 0 Å². The molecule has 0 aromatic carbocycles. The van der Waals surface area contributed by atoms with E-state index < -0.39 is 0 Å². The van der Waals surface area contributed by atoms with Crippen molar-refractivity contribution >= 4 is 57.2 Å². The molecule has 0 spiro atoms. The first kappa shape index (κ1) is 23.1. The van der Waals surface area contributed by atoms with Gasteiger partial charge in [-0.2, -0.15) is 0 Å². The van der Waals surface area contributed by atoms with Crippen LogP contribution in [-0.2, 0) is 11.2 Å². The summed E-state index contributed by atoms with van der Waals surface area (Å²) >= 11 is 5.30. The molecule has 0 atom stereocenters. The van der Waals surface area contributed by atoms with Gasteiger partial charge < -0.3 is 15.4 Å². The van der Waals surface area contributed by atoms with Gasteiger partial charge in [0, 0.05) is 36.6 Å². The molecule has 0 saturated carbocycles.